The fourth-order valence-corrected chi connectivity index (χ4v) is 8.39. The van der Waals surface area contributed by atoms with Crippen molar-refractivity contribution in [1.29, 1.82) is 0 Å². The second-order valence-electron chi connectivity index (χ2n) is 14.2. The average Bonchev–Trinajstić information content (AvgIpc) is 3.78. The Hall–Kier alpha value is -7.36. The van der Waals surface area contributed by atoms with Gasteiger partial charge in [-0.25, -0.2) is 0 Å². The highest BCUT2D eigenvalue weighted by atomic mass is 16.3. The molecule has 11 aromatic rings. The van der Waals surface area contributed by atoms with Crippen LogP contribution in [0.15, 0.2) is 211 Å². The summed E-state index contributed by atoms with van der Waals surface area (Å²) in [5, 5.41) is 7.01. The van der Waals surface area contributed by atoms with E-state index in [1.807, 2.05) is 0 Å². The molecule has 9 aromatic carbocycles. The molecule has 0 saturated carbocycles. The van der Waals surface area contributed by atoms with Crippen molar-refractivity contribution in [2.24, 2.45) is 0 Å². The van der Waals surface area contributed by atoms with E-state index in [-0.39, 0.29) is 0 Å². The summed E-state index contributed by atoms with van der Waals surface area (Å²) in [5.41, 5.74) is 13.3. The lowest BCUT2D eigenvalue weighted by Crippen LogP contribution is -2.10. The van der Waals surface area contributed by atoms with Crippen LogP contribution in [0.25, 0.3) is 82.5 Å². The van der Waals surface area contributed by atoms with E-state index < -0.39 is 0 Å². The Morgan fingerprint density at radius 2 is 0.891 bits per heavy atom. The molecule has 0 aliphatic rings. The molecule has 0 aliphatic carbocycles. The average molecular weight is 703 g/mol. The molecular weight excluding hydrogens is 669 g/mol. The van der Waals surface area contributed by atoms with E-state index in [4.69, 9.17) is 4.42 Å². The van der Waals surface area contributed by atoms with Gasteiger partial charge in [0, 0.05) is 44.3 Å². The molecule has 2 heterocycles. The Morgan fingerprint density at radius 1 is 0.345 bits per heavy atom. The SMILES string of the molecule is c1ccc(-c2ccccc2-c2ccc(N(c3ccc4oc5cc6ccccc6cc5c4c3)c3ccc4c(c3)c3ccccc3n4-c3ccccc3)cc2)cc1. The number of fused-ring (bicyclic) bond motifs is 7. The molecule has 0 N–H and O–H groups in total. The van der Waals surface area contributed by atoms with Crippen molar-refractivity contribution in [3.8, 4) is 27.9 Å². The smallest absolute Gasteiger partial charge is 0.136 e. The van der Waals surface area contributed by atoms with Crippen molar-refractivity contribution in [3.63, 3.8) is 0 Å². The summed E-state index contributed by atoms with van der Waals surface area (Å²) >= 11 is 0. The van der Waals surface area contributed by atoms with E-state index in [1.54, 1.807) is 0 Å². The summed E-state index contributed by atoms with van der Waals surface area (Å²) in [6.45, 7) is 0. The summed E-state index contributed by atoms with van der Waals surface area (Å²) in [4.78, 5) is 2.38. The molecule has 258 valence electrons. The molecule has 0 radical (unpaired) electrons. The number of aromatic nitrogens is 1. The first kappa shape index (κ1) is 31.2. The summed E-state index contributed by atoms with van der Waals surface area (Å²) in [5.74, 6) is 0. The fraction of sp³-hybridized carbons (Fsp3) is 0. The summed E-state index contributed by atoms with van der Waals surface area (Å²) in [6, 6.07) is 74.0. The van der Waals surface area contributed by atoms with Crippen LogP contribution in [0.3, 0.4) is 0 Å². The van der Waals surface area contributed by atoms with Gasteiger partial charge >= 0.3 is 0 Å². The molecule has 3 heteroatoms. The summed E-state index contributed by atoms with van der Waals surface area (Å²) in [7, 11) is 0. The highest BCUT2D eigenvalue weighted by molar-refractivity contribution is 6.12. The van der Waals surface area contributed by atoms with Gasteiger partial charge in [0.2, 0.25) is 0 Å². The molecule has 0 spiro atoms. The van der Waals surface area contributed by atoms with Gasteiger partial charge in [-0.15, -0.1) is 0 Å². The highest BCUT2D eigenvalue weighted by Gasteiger charge is 2.19. The van der Waals surface area contributed by atoms with Crippen molar-refractivity contribution in [2.75, 3.05) is 4.90 Å². The topological polar surface area (TPSA) is 21.3 Å². The van der Waals surface area contributed by atoms with Gasteiger partial charge in [-0.05, 0) is 112 Å². The maximum Gasteiger partial charge on any atom is 0.136 e. The van der Waals surface area contributed by atoms with Gasteiger partial charge in [-0.1, -0.05) is 127 Å². The largest absolute Gasteiger partial charge is 0.456 e. The molecular formula is C52H34N2O. The molecule has 3 nitrogen and oxygen atoms in total. The maximum atomic E-state index is 6.45. The van der Waals surface area contributed by atoms with E-state index in [0.29, 0.717) is 0 Å². The summed E-state index contributed by atoms with van der Waals surface area (Å²) in [6.07, 6.45) is 0. The Balaban J connectivity index is 1.11. The Labute approximate surface area is 318 Å². The van der Waals surface area contributed by atoms with E-state index >= 15 is 0 Å². The Kier molecular flexibility index (Phi) is 7.17. The normalized spacial score (nSPS) is 11.6. The molecule has 2 aromatic heterocycles. The molecule has 0 bridgehead atoms. The van der Waals surface area contributed by atoms with Crippen molar-refractivity contribution in [1.82, 2.24) is 4.57 Å². The number of rotatable bonds is 6. The number of anilines is 3. The van der Waals surface area contributed by atoms with Gasteiger partial charge in [0.1, 0.15) is 11.2 Å². The van der Waals surface area contributed by atoms with Crippen molar-refractivity contribution in [3.05, 3.63) is 206 Å². The molecule has 11 rings (SSSR count). The van der Waals surface area contributed by atoms with E-state index in [0.717, 1.165) is 44.7 Å². The molecule has 55 heavy (non-hydrogen) atoms. The van der Waals surface area contributed by atoms with Gasteiger partial charge < -0.3 is 13.9 Å². The van der Waals surface area contributed by atoms with Crippen molar-refractivity contribution >= 4 is 71.6 Å². The predicted molar refractivity (Wildman–Crippen MR) is 231 cm³/mol. The van der Waals surface area contributed by atoms with Crippen LogP contribution >= 0.6 is 0 Å². The van der Waals surface area contributed by atoms with Crippen LogP contribution in [0.5, 0.6) is 0 Å². The molecule has 0 aliphatic heterocycles. The zero-order valence-electron chi connectivity index (χ0n) is 29.9. The zero-order chi connectivity index (χ0) is 36.3. The first-order valence-corrected chi connectivity index (χ1v) is 18.8. The number of nitrogens with zero attached hydrogens (tertiary/aromatic N) is 2. The number of hydrogen-bond donors (Lipinski definition) is 0. The molecule has 0 unspecified atom stereocenters. The number of furan rings is 1. The van der Waals surface area contributed by atoms with E-state index in [2.05, 4.69) is 216 Å². The van der Waals surface area contributed by atoms with E-state index in [1.165, 1.54) is 54.8 Å². The molecule has 0 saturated heterocycles. The van der Waals surface area contributed by atoms with E-state index in [9.17, 15) is 0 Å². The third-order valence-electron chi connectivity index (χ3n) is 11.0. The van der Waals surface area contributed by atoms with Crippen LogP contribution in [0, 0.1) is 0 Å². The third kappa shape index (κ3) is 5.20. The lowest BCUT2D eigenvalue weighted by atomic mass is 9.94. The standard InChI is InChI=1S/C52H34N2O/c1-3-13-35(14-4-1)43-19-9-10-20-44(43)36-23-25-40(26-24-36)53(42-28-30-51-48(34-42)47-31-37-15-7-8-16-38(37)32-52(47)55-51)41-27-29-50-46(33-41)45-21-11-12-22-49(45)54(50)39-17-5-2-6-18-39/h1-34H. The molecule has 0 amide bonds. The van der Waals surface area contributed by atoms with Gasteiger partial charge in [-0.3, -0.25) is 0 Å². The molecule has 0 fully saturated rings. The Morgan fingerprint density at radius 3 is 1.65 bits per heavy atom. The van der Waals surface area contributed by atoms with Crippen LogP contribution in [0.4, 0.5) is 17.1 Å². The van der Waals surface area contributed by atoms with Crippen LogP contribution < -0.4 is 4.90 Å². The van der Waals surface area contributed by atoms with Gasteiger partial charge in [0.05, 0.1) is 11.0 Å². The summed E-state index contributed by atoms with van der Waals surface area (Å²) < 4.78 is 8.82. The minimum atomic E-state index is 0.878. The number of para-hydroxylation sites is 2. The maximum absolute atomic E-state index is 6.45. The van der Waals surface area contributed by atoms with Crippen LogP contribution in [0.1, 0.15) is 0 Å². The first-order chi connectivity index (χ1) is 27.3. The molecule has 0 atom stereocenters. The minimum Gasteiger partial charge on any atom is -0.456 e. The van der Waals surface area contributed by atoms with Gasteiger partial charge in [0.15, 0.2) is 0 Å². The second-order valence-corrected chi connectivity index (χ2v) is 14.2. The van der Waals surface area contributed by atoms with Crippen molar-refractivity contribution < 1.29 is 4.42 Å². The quantitative estimate of drug-likeness (QED) is 0.172. The lowest BCUT2D eigenvalue weighted by molar-refractivity contribution is 0.669. The monoisotopic (exact) mass is 702 g/mol. The third-order valence-corrected chi connectivity index (χ3v) is 11.0. The van der Waals surface area contributed by atoms with Crippen molar-refractivity contribution in [2.45, 2.75) is 0 Å². The van der Waals surface area contributed by atoms with Gasteiger partial charge in [0.25, 0.3) is 0 Å². The Bertz CT molecular complexity index is 3190. The zero-order valence-corrected chi connectivity index (χ0v) is 29.9. The fourth-order valence-electron chi connectivity index (χ4n) is 8.39. The predicted octanol–water partition coefficient (Wildman–Crippen LogP) is 14.6. The number of benzene rings is 9. The van der Waals surface area contributed by atoms with Crippen LogP contribution in [0.2, 0.25) is 0 Å². The first-order valence-electron chi connectivity index (χ1n) is 18.8. The van der Waals surface area contributed by atoms with Gasteiger partial charge in [-0.2, -0.15) is 0 Å². The second kappa shape index (κ2) is 12.6. The minimum absolute atomic E-state index is 0.878. The number of hydrogen-bond acceptors (Lipinski definition) is 2. The highest BCUT2D eigenvalue weighted by Crippen LogP contribution is 2.43. The lowest BCUT2D eigenvalue weighted by Gasteiger charge is -2.26. The van der Waals surface area contributed by atoms with Crippen LogP contribution in [-0.4, -0.2) is 4.57 Å². The van der Waals surface area contributed by atoms with Crippen LogP contribution in [-0.2, 0) is 0 Å².